The second kappa shape index (κ2) is 9.57. The first-order valence-corrected chi connectivity index (χ1v) is 5.60. The average Bonchev–Trinajstić information content (AvgIpc) is 2.16. The van der Waals surface area contributed by atoms with Crippen LogP contribution < -0.4 is 0 Å². The van der Waals surface area contributed by atoms with E-state index >= 15 is 0 Å². The van der Waals surface area contributed by atoms with Crippen LogP contribution in [0.4, 0.5) is 0 Å². The first-order valence-electron chi connectivity index (χ1n) is 5.60. The normalized spacial score (nSPS) is 13.4. The Morgan fingerprint density at radius 3 is 2.38 bits per heavy atom. The standard InChI is InChI=1S/C13H24/c1-4-7-8-9-10-12-13(6-3)11-5-2/h5-6,11,13H,3-4,7-10,12H2,1-2H3/b11-5-/t13-/m0/s1. The zero-order chi connectivity index (χ0) is 9.94. The van der Waals surface area contributed by atoms with Gasteiger partial charge < -0.3 is 0 Å². The monoisotopic (exact) mass is 180 g/mol. The predicted octanol–water partition coefficient (Wildman–Crippen LogP) is 4.73. The molecule has 0 aliphatic carbocycles. The zero-order valence-corrected chi connectivity index (χ0v) is 9.26. The van der Waals surface area contributed by atoms with Crippen molar-refractivity contribution in [3.63, 3.8) is 0 Å². The van der Waals surface area contributed by atoms with Crippen LogP contribution >= 0.6 is 0 Å². The molecule has 0 heterocycles. The van der Waals surface area contributed by atoms with E-state index in [0.717, 1.165) is 0 Å². The summed E-state index contributed by atoms with van der Waals surface area (Å²) in [6.45, 7) is 8.18. The lowest BCUT2D eigenvalue weighted by Gasteiger charge is -2.06. The maximum Gasteiger partial charge on any atom is -0.00563 e. The summed E-state index contributed by atoms with van der Waals surface area (Å²) in [7, 11) is 0. The molecule has 0 saturated heterocycles. The van der Waals surface area contributed by atoms with Crippen LogP contribution in [0.5, 0.6) is 0 Å². The van der Waals surface area contributed by atoms with E-state index in [-0.39, 0.29) is 0 Å². The Morgan fingerprint density at radius 1 is 1.15 bits per heavy atom. The summed E-state index contributed by atoms with van der Waals surface area (Å²) in [4.78, 5) is 0. The van der Waals surface area contributed by atoms with Crippen molar-refractivity contribution in [2.24, 2.45) is 5.92 Å². The predicted molar refractivity (Wildman–Crippen MR) is 61.9 cm³/mol. The van der Waals surface area contributed by atoms with E-state index in [2.05, 4.69) is 38.7 Å². The lowest BCUT2D eigenvalue weighted by molar-refractivity contribution is 0.575. The van der Waals surface area contributed by atoms with Crippen molar-refractivity contribution >= 4 is 0 Å². The molecule has 0 N–H and O–H groups in total. The Morgan fingerprint density at radius 2 is 1.85 bits per heavy atom. The summed E-state index contributed by atoms with van der Waals surface area (Å²) < 4.78 is 0. The van der Waals surface area contributed by atoms with Gasteiger partial charge in [-0.3, -0.25) is 0 Å². The van der Waals surface area contributed by atoms with E-state index in [4.69, 9.17) is 0 Å². The van der Waals surface area contributed by atoms with Gasteiger partial charge in [-0.05, 0) is 19.3 Å². The molecule has 0 bridgehead atoms. The Labute approximate surface area is 83.7 Å². The molecule has 0 aliphatic rings. The van der Waals surface area contributed by atoms with Crippen molar-refractivity contribution in [1.82, 2.24) is 0 Å². The van der Waals surface area contributed by atoms with Crippen LogP contribution in [0.2, 0.25) is 0 Å². The molecule has 0 amide bonds. The number of rotatable bonds is 8. The zero-order valence-electron chi connectivity index (χ0n) is 9.26. The first kappa shape index (κ1) is 12.5. The summed E-state index contributed by atoms with van der Waals surface area (Å²) in [5.41, 5.74) is 0. The summed E-state index contributed by atoms with van der Waals surface area (Å²) >= 11 is 0. The van der Waals surface area contributed by atoms with Crippen LogP contribution in [-0.2, 0) is 0 Å². The van der Waals surface area contributed by atoms with Crippen LogP contribution in [0.3, 0.4) is 0 Å². The van der Waals surface area contributed by atoms with Gasteiger partial charge in [-0.25, -0.2) is 0 Å². The minimum absolute atomic E-state index is 0.603. The molecular weight excluding hydrogens is 156 g/mol. The van der Waals surface area contributed by atoms with Crippen LogP contribution in [0, 0.1) is 5.92 Å². The van der Waals surface area contributed by atoms with Crippen molar-refractivity contribution < 1.29 is 0 Å². The van der Waals surface area contributed by atoms with E-state index in [0.29, 0.717) is 5.92 Å². The lowest BCUT2D eigenvalue weighted by Crippen LogP contribution is -1.91. The maximum atomic E-state index is 3.84. The van der Waals surface area contributed by atoms with Gasteiger partial charge in [-0.15, -0.1) is 6.58 Å². The van der Waals surface area contributed by atoms with E-state index < -0.39 is 0 Å². The van der Waals surface area contributed by atoms with Crippen molar-refractivity contribution in [3.8, 4) is 0 Å². The molecule has 0 heteroatoms. The molecule has 0 unspecified atom stereocenters. The molecule has 0 radical (unpaired) electrons. The number of hydrogen-bond donors (Lipinski definition) is 0. The summed E-state index contributed by atoms with van der Waals surface area (Å²) in [6.07, 6.45) is 14.6. The molecule has 0 spiro atoms. The highest BCUT2D eigenvalue weighted by atomic mass is 14.0. The summed E-state index contributed by atoms with van der Waals surface area (Å²) in [6, 6.07) is 0. The average molecular weight is 180 g/mol. The number of unbranched alkanes of at least 4 members (excludes halogenated alkanes) is 4. The molecule has 0 fully saturated rings. The Kier molecular flexibility index (Phi) is 9.18. The fourth-order valence-corrected chi connectivity index (χ4v) is 1.52. The molecule has 0 aromatic carbocycles. The van der Waals surface area contributed by atoms with Gasteiger partial charge >= 0.3 is 0 Å². The lowest BCUT2D eigenvalue weighted by atomic mass is 10.0. The maximum absolute atomic E-state index is 3.84. The molecule has 0 aromatic heterocycles. The minimum atomic E-state index is 0.603. The quantitative estimate of drug-likeness (QED) is 0.374. The highest BCUT2D eigenvalue weighted by molar-refractivity contribution is 4.95. The topological polar surface area (TPSA) is 0 Å². The highest BCUT2D eigenvalue weighted by Crippen LogP contribution is 2.13. The van der Waals surface area contributed by atoms with Crippen molar-refractivity contribution in [1.29, 1.82) is 0 Å². The molecule has 0 rings (SSSR count). The van der Waals surface area contributed by atoms with Crippen LogP contribution in [0.15, 0.2) is 24.8 Å². The molecular formula is C13H24. The SMILES string of the molecule is C=C[C@@H](/C=C\C)CCCCCCC. The minimum Gasteiger partial charge on any atom is -0.102 e. The van der Waals surface area contributed by atoms with Crippen molar-refractivity contribution in [2.45, 2.75) is 52.4 Å². The molecule has 0 aromatic rings. The van der Waals surface area contributed by atoms with Gasteiger partial charge in [0.05, 0.1) is 0 Å². The van der Waals surface area contributed by atoms with Gasteiger partial charge in [0.1, 0.15) is 0 Å². The van der Waals surface area contributed by atoms with Gasteiger partial charge in [-0.2, -0.15) is 0 Å². The smallest absolute Gasteiger partial charge is 0.00563 e. The first-order chi connectivity index (χ1) is 6.35. The van der Waals surface area contributed by atoms with Crippen molar-refractivity contribution in [2.75, 3.05) is 0 Å². The molecule has 0 nitrogen and oxygen atoms in total. The molecule has 0 saturated carbocycles. The Balaban J connectivity index is 3.33. The second-order valence-electron chi connectivity index (χ2n) is 3.63. The number of allylic oxidation sites excluding steroid dienone is 3. The van der Waals surface area contributed by atoms with Gasteiger partial charge in [0.15, 0.2) is 0 Å². The number of hydrogen-bond acceptors (Lipinski definition) is 0. The third-order valence-corrected chi connectivity index (χ3v) is 2.38. The van der Waals surface area contributed by atoms with Crippen LogP contribution in [0.25, 0.3) is 0 Å². The third kappa shape index (κ3) is 7.83. The van der Waals surface area contributed by atoms with E-state index in [1.165, 1.54) is 38.5 Å². The largest absolute Gasteiger partial charge is 0.102 e. The van der Waals surface area contributed by atoms with Crippen molar-refractivity contribution in [3.05, 3.63) is 24.8 Å². The summed E-state index contributed by atoms with van der Waals surface area (Å²) in [5, 5.41) is 0. The fourth-order valence-electron chi connectivity index (χ4n) is 1.52. The Hall–Kier alpha value is -0.520. The second-order valence-corrected chi connectivity index (χ2v) is 3.63. The summed E-state index contributed by atoms with van der Waals surface area (Å²) in [5.74, 6) is 0.603. The third-order valence-electron chi connectivity index (χ3n) is 2.38. The molecule has 76 valence electrons. The van der Waals surface area contributed by atoms with Gasteiger partial charge in [0.25, 0.3) is 0 Å². The fraction of sp³-hybridized carbons (Fsp3) is 0.692. The highest BCUT2D eigenvalue weighted by Gasteiger charge is 1.97. The van der Waals surface area contributed by atoms with Crippen LogP contribution in [-0.4, -0.2) is 0 Å². The van der Waals surface area contributed by atoms with E-state index in [1.54, 1.807) is 0 Å². The Bertz CT molecular complexity index is 133. The van der Waals surface area contributed by atoms with E-state index in [9.17, 15) is 0 Å². The molecule has 13 heavy (non-hydrogen) atoms. The van der Waals surface area contributed by atoms with E-state index in [1.807, 2.05) is 0 Å². The van der Waals surface area contributed by atoms with Gasteiger partial charge in [-0.1, -0.05) is 57.3 Å². The van der Waals surface area contributed by atoms with Crippen LogP contribution in [0.1, 0.15) is 52.4 Å². The van der Waals surface area contributed by atoms with Gasteiger partial charge in [0.2, 0.25) is 0 Å². The molecule has 1 atom stereocenters. The molecule has 0 aliphatic heterocycles. The van der Waals surface area contributed by atoms with Gasteiger partial charge in [0, 0.05) is 0 Å².